The predicted molar refractivity (Wildman–Crippen MR) is 147 cm³/mol. The maximum Gasteiger partial charge on any atom is 0.416 e. The number of aromatic nitrogens is 4. The quantitative estimate of drug-likeness (QED) is 0.294. The van der Waals surface area contributed by atoms with Crippen molar-refractivity contribution in [3.8, 4) is 22.5 Å². The Labute approximate surface area is 233 Å². The lowest BCUT2D eigenvalue weighted by Crippen LogP contribution is -2.36. The number of rotatable bonds is 6. The number of carbonyl (C=O) groups excluding carboxylic acids is 1. The van der Waals surface area contributed by atoms with E-state index in [2.05, 4.69) is 15.3 Å². The average Bonchev–Trinajstić information content (AvgIpc) is 3.43. The molecular weight excluding hydrogens is 533 g/mol. The highest BCUT2D eigenvalue weighted by Gasteiger charge is 2.34. The summed E-state index contributed by atoms with van der Waals surface area (Å²) in [4.78, 5) is 23.4. The number of amides is 1. The molecular formula is C30H25F3N6O2. The maximum atomic E-state index is 14.0. The molecule has 208 valence electrons. The molecule has 1 amide bonds. The van der Waals surface area contributed by atoms with Crippen molar-refractivity contribution in [1.82, 2.24) is 24.5 Å². The van der Waals surface area contributed by atoms with Crippen LogP contribution in [-0.2, 0) is 17.5 Å². The van der Waals surface area contributed by atoms with Crippen LogP contribution in [0.1, 0.15) is 21.5 Å². The molecule has 0 unspecified atom stereocenters. The summed E-state index contributed by atoms with van der Waals surface area (Å²) >= 11 is 0. The smallest absolute Gasteiger partial charge is 0.379 e. The van der Waals surface area contributed by atoms with Crippen LogP contribution in [0.2, 0.25) is 0 Å². The van der Waals surface area contributed by atoms with E-state index in [9.17, 15) is 18.0 Å². The first kappa shape index (κ1) is 26.6. The van der Waals surface area contributed by atoms with E-state index in [1.807, 2.05) is 29.2 Å². The Morgan fingerprint density at radius 2 is 1.73 bits per heavy atom. The molecule has 1 N–H and O–H groups in total. The third-order valence-corrected chi connectivity index (χ3v) is 6.93. The van der Waals surface area contributed by atoms with Crippen LogP contribution in [0.4, 0.5) is 18.9 Å². The van der Waals surface area contributed by atoms with Crippen molar-refractivity contribution in [2.45, 2.75) is 12.7 Å². The summed E-state index contributed by atoms with van der Waals surface area (Å²) in [5.74, 6) is -0.635. The molecule has 1 saturated heterocycles. The molecule has 1 aliphatic rings. The normalized spacial score (nSPS) is 14.3. The van der Waals surface area contributed by atoms with Gasteiger partial charge in [0.15, 0.2) is 5.65 Å². The third kappa shape index (κ3) is 5.81. The number of hydrogen-bond acceptors (Lipinski definition) is 6. The van der Waals surface area contributed by atoms with E-state index in [1.165, 1.54) is 12.1 Å². The monoisotopic (exact) mass is 558 g/mol. The number of pyridine rings is 1. The molecule has 0 bridgehead atoms. The summed E-state index contributed by atoms with van der Waals surface area (Å²) in [5.41, 5.74) is 3.42. The van der Waals surface area contributed by atoms with Crippen molar-refractivity contribution in [2.75, 3.05) is 31.6 Å². The Kier molecular flexibility index (Phi) is 7.21. The van der Waals surface area contributed by atoms with E-state index >= 15 is 0 Å². The van der Waals surface area contributed by atoms with E-state index in [0.29, 0.717) is 37.6 Å². The molecule has 0 aliphatic carbocycles. The Bertz CT molecular complexity index is 1700. The first-order chi connectivity index (χ1) is 19.8. The summed E-state index contributed by atoms with van der Waals surface area (Å²) in [7, 11) is 0. The van der Waals surface area contributed by atoms with Gasteiger partial charge in [-0.05, 0) is 48.0 Å². The number of halogens is 3. The number of alkyl halides is 3. The minimum absolute atomic E-state index is 0.0752. The van der Waals surface area contributed by atoms with Crippen LogP contribution in [-0.4, -0.2) is 56.7 Å². The minimum atomic E-state index is -4.59. The van der Waals surface area contributed by atoms with Gasteiger partial charge in [0.05, 0.1) is 30.2 Å². The van der Waals surface area contributed by atoms with Crippen LogP contribution in [0.15, 0.2) is 85.3 Å². The lowest BCUT2D eigenvalue weighted by molar-refractivity contribution is -0.138. The fraction of sp³-hybridized carbons (Fsp3) is 0.200. The van der Waals surface area contributed by atoms with E-state index in [4.69, 9.17) is 9.84 Å². The number of carbonyl (C=O) groups is 1. The molecule has 6 rings (SSSR count). The molecule has 4 heterocycles. The molecule has 0 spiro atoms. The minimum Gasteiger partial charge on any atom is -0.379 e. The first-order valence-electron chi connectivity index (χ1n) is 13.0. The zero-order valence-electron chi connectivity index (χ0n) is 21.8. The molecule has 2 aromatic carbocycles. The summed E-state index contributed by atoms with van der Waals surface area (Å²) in [6, 6.07) is 18.2. The molecule has 8 nitrogen and oxygen atoms in total. The Balaban J connectivity index is 1.26. The zero-order chi connectivity index (χ0) is 28.4. The van der Waals surface area contributed by atoms with E-state index < -0.39 is 17.6 Å². The van der Waals surface area contributed by atoms with Gasteiger partial charge in [0.25, 0.3) is 5.91 Å². The van der Waals surface area contributed by atoms with Gasteiger partial charge in [0.1, 0.15) is 0 Å². The lowest BCUT2D eigenvalue weighted by atomic mass is 10.0. The van der Waals surface area contributed by atoms with Crippen molar-refractivity contribution >= 4 is 17.2 Å². The average molecular weight is 559 g/mol. The van der Waals surface area contributed by atoms with Gasteiger partial charge in [-0.3, -0.25) is 14.7 Å². The number of anilines is 1. The summed E-state index contributed by atoms with van der Waals surface area (Å²) in [6.45, 7) is 2.22. The number of ether oxygens (including phenoxy) is 1. The zero-order valence-corrected chi connectivity index (χ0v) is 21.8. The second-order valence-corrected chi connectivity index (χ2v) is 9.66. The van der Waals surface area contributed by atoms with Crippen molar-refractivity contribution in [3.05, 3.63) is 102 Å². The number of morpholine rings is 1. The highest BCUT2D eigenvalue weighted by Crippen LogP contribution is 2.34. The number of benzene rings is 2. The Morgan fingerprint density at radius 3 is 2.51 bits per heavy atom. The fourth-order valence-electron chi connectivity index (χ4n) is 4.86. The molecule has 11 heteroatoms. The maximum absolute atomic E-state index is 14.0. The number of fused-ring (bicyclic) bond motifs is 1. The van der Waals surface area contributed by atoms with Crippen LogP contribution >= 0.6 is 0 Å². The summed E-state index contributed by atoms with van der Waals surface area (Å²) in [5, 5.41) is 7.44. The van der Waals surface area contributed by atoms with Gasteiger partial charge in [-0.15, -0.1) is 0 Å². The standard InChI is InChI=1S/C30H25F3N6O2/c31-30(32,33)25-17-22(4-5-23(25)19-38-12-14-41-15-13-38)29(40)36-24-3-1-2-21(16-24)27-8-11-35-28-18-26(37-39(27)28)20-6-9-34-10-7-20/h1-11,16-18H,12-15,19H2,(H,36,40). The molecule has 5 aromatic rings. The number of nitrogens with one attached hydrogen (secondary N) is 1. The van der Waals surface area contributed by atoms with Crippen molar-refractivity contribution in [1.29, 1.82) is 0 Å². The highest BCUT2D eigenvalue weighted by atomic mass is 19.4. The third-order valence-electron chi connectivity index (χ3n) is 6.93. The van der Waals surface area contributed by atoms with Crippen LogP contribution in [0.25, 0.3) is 28.2 Å². The van der Waals surface area contributed by atoms with Gasteiger partial charge in [-0.25, -0.2) is 9.50 Å². The molecule has 0 saturated carbocycles. The molecule has 1 fully saturated rings. The second kappa shape index (κ2) is 11.1. The Morgan fingerprint density at radius 1 is 0.927 bits per heavy atom. The van der Waals surface area contributed by atoms with Gasteiger partial charge in [0, 0.05) is 66.7 Å². The van der Waals surface area contributed by atoms with Gasteiger partial charge >= 0.3 is 6.18 Å². The highest BCUT2D eigenvalue weighted by molar-refractivity contribution is 6.04. The largest absolute Gasteiger partial charge is 0.416 e. The van der Waals surface area contributed by atoms with Crippen LogP contribution in [0, 0.1) is 0 Å². The number of nitrogens with zero attached hydrogens (tertiary/aromatic N) is 5. The van der Waals surface area contributed by atoms with E-state index in [-0.39, 0.29) is 17.7 Å². The van der Waals surface area contributed by atoms with E-state index in [0.717, 1.165) is 28.6 Å². The first-order valence-corrected chi connectivity index (χ1v) is 13.0. The van der Waals surface area contributed by atoms with Crippen molar-refractivity contribution in [2.24, 2.45) is 0 Å². The van der Waals surface area contributed by atoms with Crippen LogP contribution in [0.3, 0.4) is 0 Å². The molecule has 41 heavy (non-hydrogen) atoms. The topological polar surface area (TPSA) is 84.7 Å². The lowest BCUT2D eigenvalue weighted by Gasteiger charge is -2.27. The van der Waals surface area contributed by atoms with Gasteiger partial charge in [-0.2, -0.15) is 18.3 Å². The fourth-order valence-corrected chi connectivity index (χ4v) is 4.86. The molecule has 0 radical (unpaired) electrons. The second-order valence-electron chi connectivity index (χ2n) is 9.66. The van der Waals surface area contributed by atoms with Crippen molar-refractivity contribution < 1.29 is 22.7 Å². The SMILES string of the molecule is O=C(Nc1cccc(-c2ccnc3cc(-c4ccncc4)nn23)c1)c1ccc(CN2CCOCC2)c(C(F)(F)F)c1. The van der Waals surface area contributed by atoms with Crippen LogP contribution in [0.5, 0.6) is 0 Å². The van der Waals surface area contributed by atoms with Gasteiger partial charge in [-0.1, -0.05) is 18.2 Å². The van der Waals surface area contributed by atoms with Gasteiger partial charge in [0.2, 0.25) is 0 Å². The summed E-state index contributed by atoms with van der Waals surface area (Å²) < 4.78 is 48.9. The molecule has 1 aliphatic heterocycles. The predicted octanol–water partition coefficient (Wildman–Crippen LogP) is 5.56. The Hall–Kier alpha value is -4.61. The van der Waals surface area contributed by atoms with Crippen LogP contribution < -0.4 is 5.32 Å². The number of hydrogen-bond donors (Lipinski definition) is 1. The molecule has 3 aromatic heterocycles. The summed E-state index contributed by atoms with van der Waals surface area (Å²) in [6.07, 6.45) is 0.457. The molecule has 0 atom stereocenters. The van der Waals surface area contributed by atoms with Gasteiger partial charge < -0.3 is 10.1 Å². The van der Waals surface area contributed by atoms with E-state index in [1.54, 1.807) is 47.4 Å². The van der Waals surface area contributed by atoms with Crippen molar-refractivity contribution in [3.63, 3.8) is 0 Å².